The molecule has 1 atom stereocenters. The van der Waals surface area contributed by atoms with Crippen molar-refractivity contribution in [3.8, 4) is 0 Å². The van der Waals surface area contributed by atoms with E-state index in [1.54, 1.807) is 39.1 Å². The van der Waals surface area contributed by atoms with Gasteiger partial charge in [0.1, 0.15) is 5.41 Å². The zero-order valence-electron chi connectivity index (χ0n) is 19.0. The molecule has 3 rings (SSSR count). The third kappa shape index (κ3) is 3.70. The SMILES string of the molecule is C=Cc1c(C(=O)N2CCC[C@](CC)(C(=O)C(=[N+]=[N-])C(=O)OCC)C2=O)c2ccccc2n1C. The number of hydrogen-bond donors (Lipinski definition) is 0. The van der Waals surface area contributed by atoms with Gasteiger partial charge in [-0.25, -0.2) is 4.79 Å². The van der Waals surface area contributed by atoms with E-state index in [9.17, 15) is 24.7 Å². The van der Waals surface area contributed by atoms with Gasteiger partial charge in [0.25, 0.3) is 11.7 Å². The van der Waals surface area contributed by atoms with E-state index in [0.29, 0.717) is 23.1 Å². The first-order chi connectivity index (χ1) is 15.8. The molecule has 9 nitrogen and oxygen atoms in total. The number of para-hydroxylation sites is 1. The summed E-state index contributed by atoms with van der Waals surface area (Å²) in [7, 11) is 1.80. The maximum Gasteiger partial charge on any atom is 0.442 e. The lowest BCUT2D eigenvalue weighted by molar-refractivity contribution is -0.152. The first-order valence-corrected chi connectivity index (χ1v) is 10.8. The highest BCUT2D eigenvalue weighted by Gasteiger charge is 2.56. The number of hydrogen-bond acceptors (Lipinski definition) is 5. The Morgan fingerprint density at radius 2 is 1.97 bits per heavy atom. The van der Waals surface area contributed by atoms with Gasteiger partial charge in [0, 0.05) is 24.5 Å². The van der Waals surface area contributed by atoms with Crippen molar-refractivity contribution in [1.29, 1.82) is 0 Å². The minimum atomic E-state index is -1.71. The topological polar surface area (TPSA) is 122 Å². The number of piperidine rings is 1. The van der Waals surface area contributed by atoms with Gasteiger partial charge in [-0.05, 0) is 38.3 Å². The molecule has 1 aliphatic rings. The zero-order chi connectivity index (χ0) is 24.3. The minimum Gasteiger partial charge on any atom is -0.457 e. The van der Waals surface area contributed by atoms with Crippen LogP contribution in [0.4, 0.5) is 0 Å². The number of imide groups is 1. The van der Waals surface area contributed by atoms with Crippen molar-refractivity contribution in [2.75, 3.05) is 13.2 Å². The largest absolute Gasteiger partial charge is 0.457 e. The molecule has 0 aliphatic carbocycles. The zero-order valence-corrected chi connectivity index (χ0v) is 19.0. The molecule has 2 amide bonds. The van der Waals surface area contributed by atoms with Crippen LogP contribution >= 0.6 is 0 Å². The fourth-order valence-electron chi connectivity index (χ4n) is 4.52. The summed E-state index contributed by atoms with van der Waals surface area (Å²) in [6.45, 7) is 7.07. The van der Waals surface area contributed by atoms with E-state index in [0.717, 1.165) is 10.4 Å². The number of rotatable bonds is 7. The molecule has 0 N–H and O–H groups in total. The second-order valence-electron chi connectivity index (χ2n) is 7.84. The van der Waals surface area contributed by atoms with Crippen LogP contribution in [0.15, 0.2) is 30.8 Å². The lowest BCUT2D eigenvalue weighted by atomic mass is 9.71. The van der Waals surface area contributed by atoms with E-state index in [2.05, 4.69) is 11.4 Å². The average molecular weight is 450 g/mol. The molecule has 33 heavy (non-hydrogen) atoms. The lowest BCUT2D eigenvalue weighted by Gasteiger charge is -2.38. The highest BCUT2D eigenvalue weighted by Crippen LogP contribution is 2.38. The summed E-state index contributed by atoms with van der Waals surface area (Å²) in [5.74, 6) is -3.33. The maximum atomic E-state index is 13.7. The number of aromatic nitrogens is 1. The second kappa shape index (κ2) is 9.34. The Balaban J connectivity index is 2.08. The van der Waals surface area contributed by atoms with Crippen LogP contribution in [-0.4, -0.2) is 56.7 Å². The molecule has 1 fully saturated rings. The number of benzene rings is 1. The maximum absolute atomic E-state index is 13.7. The quantitative estimate of drug-likeness (QED) is 0.160. The third-order valence-electron chi connectivity index (χ3n) is 6.27. The average Bonchev–Trinajstić information content (AvgIpc) is 3.11. The summed E-state index contributed by atoms with van der Waals surface area (Å²) in [4.78, 5) is 56.6. The molecule has 0 bridgehead atoms. The molecule has 9 heteroatoms. The van der Waals surface area contributed by atoms with Gasteiger partial charge >= 0.3 is 11.7 Å². The Morgan fingerprint density at radius 1 is 1.27 bits per heavy atom. The Kier molecular flexibility index (Phi) is 6.74. The van der Waals surface area contributed by atoms with Crippen LogP contribution in [0.1, 0.15) is 49.2 Å². The van der Waals surface area contributed by atoms with Gasteiger partial charge in [0.2, 0.25) is 5.91 Å². The van der Waals surface area contributed by atoms with Crippen molar-refractivity contribution in [3.63, 3.8) is 0 Å². The number of aryl methyl sites for hydroxylation is 1. The van der Waals surface area contributed by atoms with E-state index in [1.165, 1.54) is 0 Å². The third-order valence-corrected chi connectivity index (χ3v) is 6.27. The number of amides is 2. The van der Waals surface area contributed by atoms with Crippen molar-refractivity contribution in [2.45, 2.75) is 33.1 Å². The van der Waals surface area contributed by atoms with Gasteiger partial charge < -0.3 is 14.8 Å². The Hall–Kier alpha value is -3.84. The van der Waals surface area contributed by atoms with Gasteiger partial charge in [-0.15, -0.1) is 0 Å². The minimum absolute atomic E-state index is 0.0245. The highest BCUT2D eigenvalue weighted by atomic mass is 16.5. The van der Waals surface area contributed by atoms with Gasteiger partial charge in [0.05, 0.1) is 17.9 Å². The van der Waals surface area contributed by atoms with Gasteiger partial charge in [-0.3, -0.25) is 19.3 Å². The van der Waals surface area contributed by atoms with Crippen molar-refractivity contribution in [3.05, 3.63) is 47.6 Å². The molecular formula is C24H26N4O5. The summed E-state index contributed by atoms with van der Waals surface area (Å²) in [6, 6.07) is 7.30. The van der Waals surface area contributed by atoms with Crippen LogP contribution in [0.2, 0.25) is 0 Å². The smallest absolute Gasteiger partial charge is 0.442 e. The molecule has 2 aromatic rings. The molecule has 0 unspecified atom stereocenters. The molecule has 0 radical (unpaired) electrons. The van der Waals surface area contributed by atoms with E-state index in [4.69, 9.17) is 4.74 Å². The number of likely N-dealkylation sites (tertiary alicyclic amines) is 1. The predicted molar refractivity (Wildman–Crippen MR) is 121 cm³/mol. The molecule has 1 aromatic heterocycles. The second-order valence-corrected chi connectivity index (χ2v) is 7.84. The van der Waals surface area contributed by atoms with Crippen molar-refractivity contribution < 1.29 is 28.7 Å². The van der Waals surface area contributed by atoms with Gasteiger partial charge in [-0.1, -0.05) is 31.7 Å². The number of ether oxygens (including phenoxy) is 1. The fraction of sp³-hybridized carbons (Fsp3) is 0.375. The normalized spacial score (nSPS) is 18.0. The number of nitrogens with zero attached hydrogens (tertiary/aromatic N) is 4. The van der Waals surface area contributed by atoms with E-state index in [-0.39, 0.29) is 26.0 Å². The molecule has 1 aliphatic heterocycles. The number of Topliss-reactive ketones (excluding diaryl/α,β-unsaturated/α-hetero) is 1. The highest BCUT2D eigenvalue weighted by molar-refractivity contribution is 6.64. The molecule has 172 valence electrons. The summed E-state index contributed by atoms with van der Waals surface area (Å²) >= 11 is 0. The number of esters is 1. The number of ketones is 1. The van der Waals surface area contributed by atoms with Crippen LogP contribution in [0.25, 0.3) is 22.5 Å². The molecule has 1 saturated heterocycles. The van der Waals surface area contributed by atoms with E-state index < -0.39 is 34.7 Å². The Labute approximate surface area is 191 Å². The summed E-state index contributed by atoms with van der Waals surface area (Å²) in [5.41, 5.74) is 8.44. The summed E-state index contributed by atoms with van der Waals surface area (Å²) < 4.78 is 6.62. The van der Waals surface area contributed by atoms with Crippen LogP contribution in [0, 0.1) is 5.41 Å². The molecule has 0 saturated carbocycles. The fourth-order valence-corrected chi connectivity index (χ4v) is 4.52. The predicted octanol–water partition coefficient (Wildman–Crippen LogP) is 2.78. The van der Waals surface area contributed by atoms with Gasteiger partial charge in [0.15, 0.2) is 0 Å². The van der Waals surface area contributed by atoms with Crippen molar-refractivity contribution >= 4 is 46.3 Å². The lowest BCUT2D eigenvalue weighted by Crippen LogP contribution is -2.57. The van der Waals surface area contributed by atoms with Crippen molar-refractivity contribution in [1.82, 2.24) is 9.47 Å². The number of carbonyl (C=O) groups excluding carboxylic acids is 4. The van der Waals surface area contributed by atoms with E-state index >= 15 is 0 Å². The Bertz CT molecular complexity index is 1220. The molecule has 2 heterocycles. The first-order valence-electron chi connectivity index (χ1n) is 10.8. The summed E-state index contributed by atoms with van der Waals surface area (Å²) in [6.07, 6.45) is 2.05. The first kappa shape index (κ1) is 23.8. The standard InChI is InChI=1S/C24H26N4O5/c1-5-16-18(15-11-8-9-12-17(15)27(16)4)21(30)28-14-10-13-24(6-2,23(28)32)20(29)19(26-25)22(31)33-7-3/h5,8-9,11-12H,1,6-7,10,13-14H2,2-4H3/t24-/m1/s1. The molecule has 1 aromatic carbocycles. The van der Waals surface area contributed by atoms with Crippen molar-refractivity contribution in [2.24, 2.45) is 12.5 Å². The van der Waals surface area contributed by atoms with Crippen LogP contribution < -0.4 is 0 Å². The van der Waals surface area contributed by atoms with E-state index in [1.807, 2.05) is 16.7 Å². The number of fused-ring (bicyclic) bond motifs is 1. The number of carbonyl (C=O) groups is 4. The van der Waals surface area contributed by atoms with Gasteiger partial charge in [-0.2, -0.15) is 4.79 Å². The monoisotopic (exact) mass is 450 g/mol. The summed E-state index contributed by atoms with van der Waals surface area (Å²) in [5, 5.41) is 0.663. The van der Waals surface area contributed by atoms with Crippen LogP contribution in [0.5, 0.6) is 0 Å². The van der Waals surface area contributed by atoms with Crippen LogP contribution in [0.3, 0.4) is 0 Å². The molecular weight excluding hydrogens is 424 g/mol. The Morgan fingerprint density at radius 3 is 2.58 bits per heavy atom. The van der Waals surface area contributed by atoms with Crippen LogP contribution in [-0.2, 0) is 26.2 Å². The molecule has 0 spiro atoms.